The van der Waals surface area contributed by atoms with Gasteiger partial charge in [-0.1, -0.05) is 11.6 Å². The summed E-state index contributed by atoms with van der Waals surface area (Å²) in [5.74, 6) is 0.307. The molecule has 0 aromatic heterocycles. The van der Waals surface area contributed by atoms with Crippen molar-refractivity contribution in [1.29, 1.82) is 0 Å². The molecule has 1 atom stereocenters. The Bertz CT molecular complexity index is 228. The van der Waals surface area contributed by atoms with Gasteiger partial charge in [0.05, 0.1) is 0 Å². The Kier molecular flexibility index (Phi) is 2.41. The van der Waals surface area contributed by atoms with Crippen LogP contribution in [0.4, 0.5) is 0 Å². The average molecular weight is 152 g/mol. The lowest BCUT2D eigenvalue weighted by Gasteiger charge is -2.13. The van der Waals surface area contributed by atoms with Crippen LogP contribution in [0, 0.1) is 0 Å². The van der Waals surface area contributed by atoms with Crippen LogP contribution in [0.5, 0.6) is 0 Å². The summed E-state index contributed by atoms with van der Waals surface area (Å²) in [6.07, 6.45) is 4.36. The van der Waals surface area contributed by atoms with Crippen molar-refractivity contribution in [2.45, 2.75) is 19.4 Å². The molecule has 0 saturated heterocycles. The first-order chi connectivity index (χ1) is 5.24. The summed E-state index contributed by atoms with van der Waals surface area (Å²) in [4.78, 5) is 0. The highest BCUT2D eigenvalue weighted by molar-refractivity contribution is 5.23. The highest BCUT2D eigenvalue weighted by Crippen LogP contribution is 2.19. The van der Waals surface area contributed by atoms with Crippen molar-refractivity contribution < 1.29 is 5.11 Å². The minimum atomic E-state index is -0.148. The van der Waals surface area contributed by atoms with Gasteiger partial charge in [-0.15, -0.1) is 0 Å². The lowest BCUT2D eigenvalue weighted by Crippen LogP contribution is -2.10. The maximum Gasteiger partial charge on any atom is 0.131 e. The molecule has 0 aromatic carbocycles. The summed E-state index contributed by atoms with van der Waals surface area (Å²) in [5, 5.41) is 16.8. The molecule has 1 rings (SSSR count). The van der Waals surface area contributed by atoms with Crippen molar-refractivity contribution in [3.05, 3.63) is 23.5 Å². The Morgan fingerprint density at radius 2 is 2.27 bits per heavy atom. The largest absolute Gasteiger partial charge is 0.510 e. The van der Waals surface area contributed by atoms with Crippen LogP contribution in [0.15, 0.2) is 33.7 Å². The molecule has 11 heavy (non-hydrogen) atoms. The SMILES string of the molecule is CN=NC1CC(C)=CC=C1O. The second kappa shape index (κ2) is 3.32. The van der Waals surface area contributed by atoms with Crippen LogP contribution in [0.25, 0.3) is 0 Å². The zero-order valence-corrected chi connectivity index (χ0v) is 6.78. The Morgan fingerprint density at radius 3 is 2.91 bits per heavy atom. The van der Waals surface area contributed by atoms with Gasteiger partial charge in [0.25, 0.3) is 0 Å². The van der Waals surface area contributed by atoms with Gasteiger partial charge in [0.1, 0.15) is 11.8 Å². The number of hydrogen-bond donors (Lipinski definition) is 1. The van der Waals surface area contributed by atoms with Gasteiger partial charge in [0, 0.05) is 7.05 Å². The molecular weight excluding hydrogens is 140 g/mol. The first-order valence-corrected chi connectivity index (χ1v) is 3.59. The molecule has 0 bridgehead atoms. The normalized spacial score (nSPS) is 25.1. The van der Waals surface area contributed by atoms with Gasteiger partial charge in [0.15, 0.2) is 0 Å². The monoisotopic (exact) mass is 152 g/mol. The van der Waals surface area contributed by atoms with Crippen molar-refractivity contribution in [2.75, 3.05) is 7.05 Å². The fraction of sp³-hybridized carbons (Fsp3) is 0.500. The molecule has 1 aliphatic carbocycles. The number of aliphatic hydroxyl groups excluding tert-OH is 1. The van der Waals surface area contributed by atoms with Crippen LogP contribution >= 0.6 is 0 Å². The number of hydrogen-bond acceptors (Lipinski definition) is 3. The predicted molar refractivity (Wildman–Crippen MR) is 43.7 cm³/mol. The lowest BCUT2D eigenvalue weighted by atomic mass is 10.0. The lowest BCUT2D eigenvalue weighted by molar-refractivity contribution is 0.359. The number of rotatable bonds is 1. The molecule has 3 heteroatoms. The molecule has 3 nitrogen and oxygen atoms in total. The number of nitrogens with zero attached hydrogens (tertiary/aromatic N) is 2. The molecule has 0 heterocycles. The van der Waals surface area contributed by atoms with Crippen LogP contribution in [0.2, 0.25) is 0 Å². The minimum absolute atomic E-state index is 0.148. The molecule has 0 spiro atoms. The van der Waals surface area contributed by atoms with Crippen molar-refractivity contribution in [3.8, 4) is 0 Å². The number of allylic oxidation sites excluding steroid dienone is 2. The summed E-state index contributed by atoms with van der Waals surface area (Å²) in [6, 6.07) is -0.148. The molecule has 0 fully saturated rings. The maximum atomic E-state index is 9.28. The van der Waals surface area contributed by atoms with Gasteiger partial charge in [-0.25, -0.2) is 0 Å². The Balaban J connectivity index is 2.73. The van der Waals surface area contributed by atoms with Crippen LogP contribution in [-0.4, -0.2) is 18.2 Å². The standard InChI is InChI=1S/C8H12N2O/c1-6-3-4-8(11)7(5-6)10-9-2/h3-4,7,11H,5H2,1-2H3. The molecule has 1 aliphatic rings. The Morgan fingerprint density at radius 1 is 1.55 bits per heavy atom. The maximum absolute atomic E-state index is 9.28. The first-order valence-electron chi connectivity index (χ1n) is 3.59. The van der Waals surface area contributed by atoms with Gasteiger partial charge in [-0.2, -0.15) is 10.2 Å². The summed E-state index contributed by atoms with van der Waals surface area (Å²) in [7, 11) is 1.61. The summed E-state index contributed by atoms with van der Waals surface area (Å²) >= 11 is 0. The summed E-state index contributed by atoms with van der Waals surface area (Å²) in [5.41, 5.74) is 1.22. The van der Waals surface area contributed by atoms with E-state index in [0.29, 0.717) is 5.76 Å². The van der Waals surface area contributed by atoms with E-state index < -0.39 is 0 Å². The Hall–Kier alpha value is -1.12. The smallest absolute Gasteiger partial charge is 0.131 e. The van der Waals surface area contributed by atoms with Gasteiger partial charge >= 0.3 is 0 Å². The quantitative estimate of drug-likeness (QED) is 0.575. The third-order valence-electron chi connectivity index (χ3n) is 1.65. The third-order valence-corrected chi connectivity index (χ3v) is 1.65. The zero-order valence-electron chi connectivity index (χ0n) is 6.78. The first kappa shape index (κ1) is 7.98. The second-order valence-corrected chi connectivity index (χ2v) is 2.64. The molecular formula is C8H12N2O. The fourth-order valence-corrected chi connectivity index (χ4v) is 1.06. The van der Waals surface area contributed by atoms with E-state index in [2.05, 4.69) is 10.2 Å². The van der Waals surface area contributed by atoms with Gasteiger partial charge in [-0.05, 0) is 19.4 Å². The van der Waals surface area contributed by atoms with Crippen molar-refractivity contribution >= 4 is 0 Å². The zero-order chi connectivity index (χ0) is 8.27. The Labute approximate surface area is 66.1 Å². The van der Waals surface area contributed by atoms with E-state index in [1.54, 1.807) is 13.1 Å². The van der Waals surface area contributed by atoms with Gasteiger partial charge in [-0.3, -0.25) is 0 Å². The number of azo groups is 1. The molecule has 60 valence electrons. The van der Waals surface area contributed by atoms with E-state index in [1.165, 1.54) is 5.57 Å². The molecule has 0 saturated carbocycles. The molecule has 0 aliphatic heterocycles. The van der Waals surface area contributed by atoms with E-state index in [4.69, 9.17) is 0 Å². The van der Waals surface area contributed by atoms with Gasteiger partial charge < -0.3 is 5.11 Å². The van der Waals surface area contributed by atoms with E-state index in [0.717, 1.165) is 6.42 Å². The van der Waals surface area contributed by atoms with Crippen LogP contribution in [0.3, 0.4) is 0 Å². The van der Waals surface area contributed by atoms with E-state index in [-0.39, 0.29) is 6.04 Å². The summed E-state index contributed by atoms with van der Waals surface area (Å²) < 4.78 is 0. The van der Waals surface area contributed by atoms with Crippen molar-refractivity contribution in [3.63, 3.8) is 0 Å². The van der Waals surface area contributed by atoms with Crippen LogP contribution in [-0.2, 0) is 0 Å². The van der Waals surface area contributed by atoms with Crippen LogP contribution in [0.1, 0.15) is 13.3 Å². The predicted octanol–water partition coefficient (Wildman–Crippen LogP) is 2.23. The molecule has 0 aromatic rings. The topological polar surface area (TPSA) is 45.0 Å². The van der Waals surface area contributed by atoms with Crippen LogP contribution < -0.4 is 0 Å². The summed E-state index contributed by atoms with van der Waals surface area (Å²) in [6.45, 7) is 2.02. The number of aliphatic hydroxyl groups is 1. The molecule has 1 unspecified atom stereocenters. The second-order valence-electron chi connectivity index (χ2n) is 2.64. The molecule has 0 amide bonds. The van der Waals surface area contributed by atoms with Crippen molar-refractivity contribution in [1.82, 2.24) is 0 Å². The van der Waals surface area contributed by atoms with Crippen molar-refractivity contribution in [2.24, 2.45) is 10.2 Å². The third kappa shape index (κ3) is 1.90. The molecule has 1 N–H and O–H groups in total. The fourth-order valence-electron chi connectivity index (χ4n) is 1.06. The van der Waals surface area contributed by atoms with E-state index in [1.807, 2.05) is 13.0 Å². The van der Waals surface area contributed by atoms with E-state index >= 15 is 0 Å². The van der Waals surface area contributed by atoms with E-state index in [9.17, 15) is 5.11 Å². The van der Waals surface area contributed by atoms with Gasteiger partial charge in [0.2, 0.25) is 0 Å². The average Bonchev–Trinajstić information content (AvgIpc) is 1.98. The minimum Gasteiger partial charge on any atom is -0.510 e. The highest BCUT2D eigenvalue weighted by Gasteiger charge is 2.15. The molecule has 0 radical (unpaired) electrons. The highest BCUT2D eigenvalue weighted by atomic mass is 16.3.